The predicted molar refractivity (Wildman–Crippen MR) is 104 cm³/mol. The van der Waals surface area contributed by atoms with Crippen LogP contribution in [0, 0.1) is 0 Å². The van der Waals surface area contributed by atoms with Crippen LogP contribution in [0.5, 0.6) is 17.2 Å². The van der Waals surface area contributed by atoms with Gasteiger partial charge >= 0.3 is 0 Å². The van der Waals surface area contributed by atoms with Crippen LogP contribution in [-0.2, 0) is 14.8 Å². The number of methoxy groups -OCH3 is 3. The first-order valence-corrected chi connectivity index (χ1v) is 10.0. The van der Waals surface area contributed by atoms with E-state index >= 15 is 0 Å². The highest BCUT2D eigenvalue weighted by Crippen LogP contribution is 2.30. The Morgan fingerprint density at radius 1 is 1.00 bits per heavy atom. The molecule has 1 heterocycles. The average molecular weight is 406 g/mol. The van der Waals surface area contributed by atoms with Crippen molar-refractivity contribution in [3.05, 3.63) is 42.5 Å². The van der Waals surface area contributed by atoms with E-state index in [9.17, 15) is 13.2 Å². The van der Waals surface area contributed by atoms with Gasteiger partial charge in [-0.1, -0.05) is 6.07 Å². The second kappa shape index (κ2) is 8.07. The summed E-state index contributed by atoms with van der Waals surface area (Å²) in [6.07, 6.45) is 0.0731. The molecule has 2 aromatic carbocycles. The summed E-state index contributed by atoms with van der Waals surface area (Å²) in [6.45, 7) is 0.235. The van der Waals surface area contributed by atoms with Gasteiger partial charge < -0.3 is 19.1 Å². The molecule has 0 saturated carbocycles. The number of rotatable bonds is 7. The summed E-state index contributed by atoms with van der Waals surface area (Å²) >= 11 is 0. The molecule has 1 saturated heterocycles. The number of ether oxygens (including phenoxy) is 3. The molecule has 1 N–H and O–H groups in total. The van der Waals surface area contributed by atoms with Crippen LogP contribution in [0.3, 0.4) is 0 Å². The van der Waals surface area contributed by atoms with E-state index in [2.05, 4.69) is 4.72 Å². The molecule has 9 heteroatoms. The first kappa shape index (κ1) is 20.0. The first-order chi connectivity index (χ1) is 13.4. The Bertz CT molecular complexity index is 976. The van der Waals surface area contributed by atoms with Crippen LogP contribution in [0.2, 0.25) is 0 Å². The van der Waals surface area contributed by atoms with Crippen molar-refractivity contribution in [1.82, 2.24) is 4.72 Å². The lowest BCUT2D eigenvalue weighted by Gasteiger charge is -2.18. The number of anilines is 1. The lowest BCUT2D eigenvalue weighted by molar-refractivity contribution is -0.117. The molecule has 0 bridgehead atoms. The Kier molecular flexibility index (Phi) is 5.76. The summed E-state index contributed by atoms with van der Waals surface area (Å²) in [5, 5.41) is 0. The minimum absolute atomic E-state index is 0.0393. The van der Waals surface area contributed by atoms with Crippen molar-refractivity contribution in [3.63, 3.8) is 0 Å². The molecule has 1 fully saturated rings. The molecule has 1 aliphatic heterocycles. The Hall–Kier alpha value is -2.78. The smallest absolute Gasteiger partial charge is 0.241 e. The number of hydrogen-bond donors (Lipinski definition) is 1. The Morgan fingerprint density at radius 2 is 1.75 bits per heavy atom. The van der Waals surface area contributed by atoms with Crippen LogP contribution in [0.1, 0.15) is 6.42 Å². The number of carbonyl (C=O) groups is 1. The Balaban J connectivity index is 1.77. The summed E-state index contributed by atoms with van der Waals surface area (Å²) in [5.41, 5.74) is 0.664. The number of nitrogens with zero attached hydrogens (tertiary/aromatic N) is 1. The maximum Gasteiger partial charge on any atom is 0.241 e. The number of hydrogen-bond acceptors (Lipinski definition) is 6. The standard InChI is InChI=1S/C19H22N2O6S/c1-25-15-6-4-5-14(10-15)21-12-13(9-19(21)22)20-28(23,24)16-7-8-17(26-2)18(11-16)27-3/h4-8,10-11,13,20H,9,12H2,1-3H3/t13-/m1/s1. The quantitative estimate of drug-likeness (QED) is 0.754. The normalized spacial score (nSPS) is 16.9. The lowest BCUT2D eigenvalue weighted by Crippen LogP contribution is -2.37. The fourth-order valence-electron chi connectivity index (χ4n) is 3.09. The van der Waals surface area contributed by atoms with Crippen molar-refractivity contribution in [3.8, 4) is 17.2 Å². The van der Waals surface area contributed by atoms with E-state index in [1.807, 2.05) is 0 Å². The molecule has 1 aliphatic rings. The van der Waals surface area contributed by atoms with E-state index < -0.39 is 16.1 Å². The van der Waals surface area contributed by atoms with Crippen molar-refractivity contribution in [2.45, 2.75) is 17.4 Å². The molecule has 2 aromatic rings. The molecule has 0 aliphatic carbocycles. The van der Waals surface area contributed by atoms with Crippen LogP contribution in [0.15, 0.2) is 47.4 Å². The number of benzene rings is 2. The summed E-state index contributed by atoms with van der Waals surface area (Å²) in [4.78, 5) is 14.0. The predicted octanol–water partition coefficient (Wildman–Crippen LogP) is 1.80. The fraction of sp³-hybridized carbons (Fsp3) is 0.316. The van der Waals surface area contributed by atoms with E-state index in [1.54, 1.807) is 36.3 Å². The van der Waals surface area contributed by atoms with Crippen LogP contribution in [0.25, 0.3) is 0 Å². The highest BCUT2D eigenvalue weighted by molar-refractivity contribution is 7.89. The van der Waals surface area contributed by atoms with E-state index in [0.717, 1.165) is 0 Å². The van der Waals surface area contributed by atoms with Crippen LogP contribution >= 0.6 is 0 Å². The number of sulfonamides is 1. The number of nitrogens with one attached hydrogen (secondary N) is 1. The van der Waals surface area contributed by atoms with E-state index in [1.165, 1.54) is 32.4 Å². The maximum atomic E-state index is 12.7. The van der Waals surface area contributed by atoms with Crippen molar-refractivity contribution in [2.75, 3.05) is 32.8 Å². The molecular formula is C19H22N2O6S. The largest absolute Gasteiger partial charge is 0.497 e. The van der Waals surface area contributed by atoms with Crippen LogP contribution < -0.4 is 23.8 Å². The van der Waals surface area contributed by atoms with E-state index in [4.69, 9.17) is 14.2 Å². The average Bonchev–Trinajstić information content (AvgIpc) is 3.06. The number of carbonyl (C=O) groups excluding carboxylic acids is 1. The minimum Gasteiger partial charge on any atom is -0.497 e. The molecular weight excluding hydrogens is 384 g/mol. The third-order valence-corrected chi connectivity index (χ3v) is 6.00. The molecule has 150 valence electrons. The van der Waals surface area contributed by atoms with Gasteiger partial charge in [-0.2, -0.15) is 0 Å². The van der Waals surface area contributed by atoms with Crippen molar-refractivity contribution < 1.29 is 27.4 Å². The van der Waals surface area contributed by atoms with Crippen molar-refractivity contribution in [1.29, 1.82) is 0 Å². The molecule has 0 spiro atoms. The molecule has 1 amide bonds. The Labute approximate surface area is 164 Å². The molecule has 0 unspecified atom stereocenters. The summed E-state index contributed by atoms with van der Waals surface area (Å²) < 4.78 is 43.6. The topological polar surface area (TPSA) is 94.2 Å². The maximum absolute atomic E-state index is 12.7. The zero-order valence-electron chi connectivity index (χ0n) is 15.8. The third-order valence-electron chi connectivity index (χ3n) is 4.48. The van der Waals surface area contributed by atoms with Gasteiger partial charge in [0.15, 0.2) is 11.5 Å². The molecule has 28 heavy (non-hydrogen) atoms. The van der Waals surface area contributed by atoms with Gasteiger partial charge in [0.1, 0.15) is 5.75 Å². The zero-order chi connectivity index (χ0) is 20.3. The summed E-state index contributed by atoms with van der Waals surface area (Å²) in [5.74, 6) is 1.21. The van der Waals surface area contributed by atoms with Crippen molar-refractivity contribution >= 4 is 21.6 Å². The summed E-state index contributed by atoms with van der Waals surface area (Å²) in [6, 6.07) is 10.9. The molecule has 3 rings (SSSR count). The van der Waals surface area contributed by atoms with Gasteiger partial charge in [0, 0.05) is 36.8 Å². The molecule has 0 radical (unpaired) electrons. The summed E-state index contributed by atoms with van der Waals surface area (Å²) in [7, 11) is 0.622. The van der Waals surface area contributed by atoms with Crippen molar-refractivity contribution in [2.24, 2.45) is 0 Å². The van der Waals surface area contributed by atoms with E-state index in [0.29, 0.717) is 22.9 Å². The monoisotopic (exact) mass is 406 g/mol. The van der Waals surface area contributed by atoms with Crippen LogP contribution in [-0.4, -0.2) is 48.2 Å². The molecule has 1 atom stereocenters. The van der Waals surface area contributed by atoms with E-state index in [-0.39, 0.29) is 23.8 Å². The lowest BCUT2D eigenvalue weighted by atomic mass is 10.3. The fourth-order valence-corrected chi connectivity index (χ4v) is 4.33. The second-order valence-corrected chi connectivity index (χ2v) is 7.96. The van der Waals surface area contributed by atoms with Gasteiger partial charge in [-0.15, -0.1) is 0 Å². The highest BCUT2D eigenvalue weighted by Gasteiger charge is 2.34. The third kappa shape index (κ3) is 4.05. The molecule has 8 nitrogen and oxygen atoms in total. The zero-order valence-corrected chi connectivity index (χ0v) is 16.7. The Morgan fingerprint density at radius 3 is 2.43 bits per heavy atom. The number of amides is 1. The van der Waals surface area contributed by atoms with Gasteiger partial charge in [0.2, 0.25) is 15.9 Å². The van der Waals surface area contributed by atoms with Crippen LogP contribution in [0.4, 0.5) is 5.69 Å². The highest BCUT2D eigenvalue weighted by atomic mass is 32.2. The van der Waals surface area contributed by atoms with Gasteiger partial charge in [0.25, 0.3) is 0 Å². The van der Waals surface area contributed by atoms with Gasteiger partial charge in [-0.05, 0) is 24.3 Å². The first-order valence-electron chi connectivity index (χ1n) is 8.56. The van der Waals surface area contributed by atoms with Gasteiger partial charge in [-0.25, -0.2) is 13.1 Å². The van der Waals surface area contributed by atoms with Gasteiger partial charge in [0.05, 0.1) is 26.2 Å². The SMILES string of the molecule is COc1cccc(N2C[C@H](NS(=O)(=O)c3ccc(OC)c(OC)c3)CC2=O)c1. The second-order valence-electron chi connectivity index (χ2n) is 6.24. The minimum atomic E-state index is -3.83. The molecule has 0 aromatic heterocycles. The van der Waals surface area contributed by atoms with Gasteiger partial charge in [-0.3, -0.25) is 4.79 Å².